The van der Waals surface area contributed by atoms with Crippen molar-refractivity contribution in [3.8, 4) is 17.2 Å². The molecular formula is C29H26BrClN2O6. The Labute approximate surface area is 239 Å². The van der Waals surface area contributed by atoms with Crippen LogP contribution in [0.15, 0.2) is 70.7 Å². The summed E-state index contributed by atoms with van der Waals surface area (Å²) in [5.41, 5.74) is 1.40. The summed E-state index contributed by atoms with van der Waals surface area (Å²) in [6.07, 6.45) is 1.31. The highest BCUT2D eigenvalue weighted by Crippen LogP contribution is 2.38. The third kappa shape index (κ3) is 6.61. The van der Waals surface area contributed by atoms with Crippen LogP contribution in [0.4, 0.5) is 10.5 Å². The van der Waals surface area contributed by atoms with Crippen molar-refractivity contribution < 1.29 is 28.6 Å². The van der Waals surface area contributed by atoms with E-state index in [1.54, 1.807) is 42.5 Å². The molecule has 39 heavy (non-hydrogen) atoms. The Morgan fingerprint density at radius 2 is 1.74 bits per heavy atom. The van der Waals surface area contributed by atoms with Gasteiger partial charge < -0.3 is 14.2 Å². The molecule has 4 rings (SSSR count). The number of nitrogens with zero attached hydrogens (tertiary/aromatic N) is 1. The number of halogens is 2. The molecule has 0 bridgehead atoms. The number of hydrogen-bond acceptors (Lipinski definition) is 6. The highest BCUT2D eigenvalue weighted by Gasteiger charge is 2.37. The summed E-state index contributed by atoms with van der Waals surface area (Å²) in [6.45, 7) is 6.27. The van der Waals surface area contributed by atoms with E-state index in [9.17, 15) is 14.4 Å². The zero-order valence-electron chi connectivity index (χ0n) is 21.5. The molecule has 1 aliphatic heterocycles. The molecule has 0 spiro atoms. The molecule has 0 unspecified atom stereocenters. The Bertz CT molecular complexity index is 1440. The number of carbonyl (C=O) groups excluding carboxylic acids is 3. The van der Waals surface area contributed by atoms with E-state index >= 15 is 0 Å². The lowest BCUT2D eigenvalue weighted by Crippen LogP contribution is -2.54. The minimum absolute atomic E-state index is 0.0945. The van der Waals surface area contributed by atoms with E-state index in [-0.39, 0.29) is 24.0 Å². The number of imide groups is 2. The maximum absolute atomic E-state index is 13.4. The molecule has 202 valence electrons. The smallest absolute Gasteiger partial charge is 0.335 e. The van der Waals surface area contributed by atoms with Crippen molar-refractivity contribution in [1.29, 1.82) is 0 Å². The van der Waals surface area contributed by atoms with Crippen LogP contribution in [-0.2, 0) is 16.2 Å². The molecule has 3 aromatic rings. The number of anilines is 1. The van der Waals surface area contributed by atoms with Crippen LogP contribution < -0.4 is 24.4 Å². The van der Waals surface area contributed by atoms with Crippen LogP contribution in [0.5, 0.6) is 17.2 Å². The van der Waals surface area contributed by atoms with Crippen LogP contribution in [0.3, 0.4) is 0 Å². The van der Waals surface area contributed by atoms with Gasteiger partial charge in [-0.25, -0.2) is 9.69 Å². The van der Waals surface area contributed by atoms with Crippen LogP contribution in [0, 0.1) is 0 Å². The van der Waals surface area contributed by atoms with E-state index in [0.717, 1.165) is 10.5 Å². The molecule has 10 heteroatoms. The van der Waals surface area contributed by atoms with Gasteiger partial charge in [0.15, 0.2) is 11.5 Å². The fraction of sp³-hybridized carbons (Fsp3) is 0.207. The van der Waals surface area contributed by atoms with Gasteiger partial charge in [0.05, 0.1) is 22.9 Å². The Hall–Kier alpha value is -3.82. The van der Waals surface area contributed by atoms with Crippen LogP contribution in [0.25, 0.3) is 6.08 Å². The average molecular weight is 614 g/mol. The van der Waals surface area contributed by atoms with Gasteiger partial charge in [0, 0.05) is 10.6 Å². The van der Waals surface area contributed by atoms with E-state index in [0.29, 0.717) is 38.9 Å². The maximum atomic E-state index is 13.4. The minimum atomic E-state index is -0.844. The molecule has 0 aliphatic carbocycles. The predicted molar refractivity (Wildman–Crippen MR) is 152 cm³/mol. The standard InChI is InChI=1S/C29H26BrClN2O6/c1-4-37-25-15-18(14-23(30)26(25)39-17(2)3)13-22-27(34)32-29(36)33(28(22)35)20-9-11-21(12-10-20)38-16-19-7-5-6-8-24(19)31/h5-15,17H,4,16H2,1-3H3,(H,32,34,36)/b22-13+. The lowest BCUT2D eigenvalue weighted by Gasteiger charge is -2.26. The molecule has 0 atom stereocenters. The summed E-state index contributed by atoms with van der Waals surface area (Å²) < 4.78 is 18.0. The lowest BCUT2D eigenvalue weighted by molar-refractivity contribution is -0.122. The third-order valence-electron chi connectivity index (χ3n) is 5.55. The molecule has 0 radical (unpaired) electrons. The largest absolute Gasteiger partial charge is 0.490 e. The molecule has 1 saturated heterocycles. The summed E-state index contributed by atoms with van der Waals surface area (Å²) in [4.78, 5) is 39.6. The highest BCUT2D eigenvalue weighted by molar-refractivity contribution is 9.10. The van der Waals surface area contributed by atoms with Gasteiger partial charge in [-0.05, 0) is 90.8 Å². The highest BCUT2D eigenvalue weighted by atomic mass is 79.9. The fourth-order valence-corrected chi connectivity index (χ4v) is 4.55. The molecule has 0 aromatic heterocycles. The van der Waals surface area contributed by atoms with Gasteiger partial charge in [-0.1, -0.05) is 29.8 Å². The second-order valence-electron chi connectivity index (χ2n) is 8.76. The van der Waals surface area contributed by atoms with Gasteiger partial charge in [-0.3, -0.25) is 14.9 Å². The summed E-state index contributed by atoms with van der Waals surface area (Å²) in [5.74, 6) is -0.0616. The van der Waals surface area contributed by atoms with Crippen LogP contribution in [0.2, 0.25) is 5.02 Å². The van der Waals surface area contributed by atoms with Crippen molar-refractivity contribution in [1.82, 2.24) is 5.32 Å². The first-order valence-electron chi connectivity index (χ1n) is 12.2. The number of amides is 4. The average Bonchev–Trinajstić information content (AvgIpc) is 2.89. The number of benzene rings is 3. The first-order chi connectivity index (χ1) is 18.7. The quantitative estimate of drug-likeness (QED) is 0.218. The molecule has 4 amide bonds. The van der Waals surface area contributed by atoms with Gasteiger partial charge in [-0.15, -0.1) is 0 Å². The van der Waals surface area contributed by atoms with Crippen LogP contribution in [0.1, 0.15) is 31.9 Å². The van der Waals surface area contributed by atoms with E-state index in [2.05, 4.69) is 21.2 Å². The molecule has 8 nitrogen and oxygen atoms in total. The van der Waals surface area contributed by atoms with Crippen molar-refractivity contribution in [2.75, 3.05) is 11.5 Å². The number of rotatable bonds is 9. The fourth-order valence-electron chi connectivity index (χ4n) is 3.81. The normalized spacial score (nSPS) is 14.6. The molecule has 3 aromatic carbocycles. The number of barbiturate groups is 1. The van der Waals surface area contributed by atoms with E-state index in [1.807, 2.05) is 39.0 Å². The van der Waals surface area contributed by atoms with Crippen molar-refractivity contribution >= 4 is 57.1 Å². The van der Waals surface area contributed by atoms with Crippen LogP contribution in [-0.4, -0.2) is 30.6 Å². The van der Waals surface area contributed by atoms with E-state index in [1.165, 1.54) is 6.08 Å². The number of urea groups is 1. The molecule has 1 heterocycles. The molecule has 1 aliphatic rings. The van der Waals surface area contributed by atoms with Gasteiger partial charge in [0.25, 0.3) is 11.8 Å². The molecule has 1 N–H and O–H groups in total. The van der Waals surface area contributed by atoms with Crippen LogP contribution >= 0.6 is 27.5 Å². The Kier molecular flexibility index (Phi) is 8.93. The summed E-state index contributed by atoms with van der Waals surface area (Å²) >= 11 is 9.66. The van der Waals surface area contributed by atoms with Crippen molar-refractivity contribution in [3.05, 3.63) is 86.9 Å². The second-order valence-corrected chi connectivity index (χ2v) is 10.0. The minimum Gasteiger partial charge on any atom is -0.490 e. The maximum Gasteiger partial charge on any atom is 0.335 e. The third-order valence-corrected chi connectivity index (χ3v) is 6.50. The van der Waals surface area contributed by atoms with Gasteiger partial charge >= 0.3 is 6.03 Å². The number of carbonyl (C=O) groups is 3. The van der Waals surface area contributed by atoms with Gasteiger partial charge in [-0.2, -0.15) is 0 Å². The number of hydrogen-bond donors (Lipinski definition) is 1. The Balaban J connectivity index is 1.58. The van der Waals surface area contributed by atoms with Gasteiger partial charge in [0.2, 0.25) is 0 Å². The summed E-state index contributed by atoms with van der Waals surface area (Å²) in [7, 11) is 0. The molecule has 0 saturated carbocycles. The first-order valence-corrected chi connectivity index (χ1v) is 13.4. The van der Waals surface area contributed by atoms with E-state index < -0.39 is 17.8 Å². The van der Waals surface area contributed by atoms with E-state index in [4.69, 9.17) is 25.8 Å². The summed E-state index contributed by atoms with van der Waals surface area (Å²) in [6, 6.07) is 16.3. The lowest BCUT2D eigenvalue weighted by atomic mass is 10.1. The second kappa shape index (κ2) is 12.4. The Morgan fingerprint density at radius 1 is 1.03 bits per heavy atom. The predicted octanol–water partition coefficient (Wildman–Crippen LogP) is 6.53. The van der Waals surface area contributed by atoms with Crippen molar-refractivity contribution in [2.45, 2.75) is 33.5 Å². The number of nitrogens with one attached hydrogen (secondary N) is 1. The zero-order valence-corrected chi connectivity index (χ0v) is 23.8. The molecule has 1 fully saturated rings. The van der Waals surface area contributed by atoms with Gasteiger partial charge in [0.1, 0.15) is 17.9 Å². The Morgan fingerprint density at radius 3 is 2.41 bits per heavy atom. The first kappa shape index (κ1) is 28.2. The zero-order chi connectivity index (χ0) is 28.1. The SMILES string of the molecule is CCOc1cc(/C=C2\C(=O)NC(=O)N(c3ccc(OCc4ccccc4Cl)cc3)C2=O)cc(Br)c1OC(C)C. The number of ether oxygens (including phenoxy) is 3. The van der Waals surface area contributed by atoms with Crippen molar-refractivity contribution in [3.63, 3.8) is 0 Å². The topological polar surface area (TPSA) is 94.2 Å². The molecular weight excluding hydrogens is 588 g/mol. The summed E-state index contributed by atoms with van der Waals surface area (Å²) in [5, 5.41) is 2.83. The monoisotopic (exact) mass is 612 g/mol. The van der Waals surface area contributed by atoms with Crippen molar-refractivity contribution in [2.24, 2.45) is 0 Å².